The van der Waals surface area contributed by atoms with E-state index < -0.39 is 0 Å². The van der Waals surface area contributed by atoms with Gasteiger partial charge in [0.05, 0.1) is 12.0 Å². The van der Waals surface area contributed by atoms with Gasteiger partial charge in [-0.1, -0.05) is 0 Å². The largest absolute Gasteiger partial charge is 0.381 e. The van der Waals surface area contributed by atoms with Crippen molar-refractivity contribution in [3.8, 4) is 0 Å². The molecule has 6 nitrogen and oxygen atoms in total. The molecule has 4 N–H and O–H groups in total. The fourth-order valence-corrected chi connectivity index (χ4v) is 2.80. The molecule has 96 valence electrons. The van der Waals surface area contributed by atoms with Crippen LogP contribution in [0.3, 0.4) is 0 Å². The minimum atomic E-state index is 0.440. The van der Waals surface area contributed by atoms with E-state index in [1.54, 1.807) is 11.3 Å². The molecule has 0 aliphatic carbocycles. The van der Waals surface area contributed by atoms with Gasteiger partial charge in [-0.2, -0.15) is 4.98 Å². The van der Waals surface area contributed by atoms with Gasteiger partial charge in [-0.25, -0.2) is 10.8 Å². The number of hydrogen-bond donors (Lipinski definition) is 3. The second-order valence-electron chi connectivity index (χ2n) is 4.29. The highest BCUT2D eigenvalue weighted by molar-refractivity contribution is 7.16. The number of hydrogen-bond acceptors (Lipinski definition) is 7. The first-order valence-corrected chi connectivity index (χ1v) is 6.78. The molecule has 3 rings (SSSR count). The van der Waals surface area contributed by atoms with Crippen LogP contribution in [0, 0.1) is 5.92 Å². The molecule has 1 fully saturated rings. The smallest absolute Gasteiger partial charge is 0.240 e. The summed E-state index contributed by atoms with van der Waals surface area (Å²) in [6, 6.07) is 2.02. The Morgan fingerprint density at radius 2 is 2.44 bits per heavy atom. The van der Waals surface area contributed by atoms with Crippen molar-refractivity contribution < 1.29 is 4.74 Å². The van der Waals surface area contributed by atoms with E-state index in [0.29, 0.717) is 11.9 Å². The van der Waals surface area contributed by atoms with Crippen LogP contribution in [0.1, 0.15) is 6.42 Å². The predicted molar refractivity (Wildman–Crippen MR) is 72.6 cm³/mol. The van der Waals surface area contributed by atoms with E-state index in [1.807, 2.05) is 11.4 Å². The van der Waals surface area contributed by atoms with Gasteiger partial charge < -0.3 is 10.1 Å². The highest BCUT2D eigenvalue weighted by atomic mass is 32.1. The molecule has 1 unspecified atom stereocenters. The van der Waals surface area contributed by atoms with Crippen LogP contribution < -0.4 is 16.6 Å². The van der Waals surface area contributed by atoms with Gasteiger partial charge in [0, 0.05) is 19.1 Å². The lowest BCUT2D eigenvalue weighted by Gasteiger charge is -2.11. The van der Waals surface area contributed by atoms with Crippen LogP contribution in [0.2, 0.25) is 0 Å². The van der Waals surface area contributed by atoms with E-state index in [0.717, 1.165) is 42.2 Å². The molecule has 0 spiro atoms. The Labute approximate surface area is 109 Å². The minimum absolute atomic E-state index is 0.440. The van der Waals surface area contributed by atoms with Crippen molar-refractivity contribution in [1.29, 1.82) is 0 Å². The Morgan fingerprint density at radius 1 is 1.50 bits per heavy atom. The van der Waals surface area contributed by atoms with Gasteiger partial charge in [-0.05, 0) is 17.9 Å². The summed E-state index contributed by atoms with van der Waals surface area (Å²) in [5.41, 5.74) is 2.50. The molecule has 2 aromatic heterocycles. The van der Waals surface area contributed by atoms with Crippen molar-refractivity contribution in [2.24, 2.45) is 11.8 Å². The lowest BCUT2D eigenvalue weighted by Crippen LogP contribution is -2.16. The van der Waals surface area contributed by atoms with E-state index >= 15 is 0 Å². The number of rotatable bonds is 4. The number of nitrogen functional groups attached to an aromatic ring is 1. The third-order valence-electron chi connectivity index (χ3n) is 3.04. The van der Waals surface area contributed by atoms with E-state index in [2.05, 4.69) is 20.7 Å². The molecule has 0 amide bonds. The summed E-state index contributed by atoms with van der Waals surface area (Å²) in [6.45, 7) is 2.55. The fraction of sp³-hybridized carbons (Fsp3) is 0.455. The average Bonchev–Trinajstić information content (AvgIpc) is 3.06. The number of anilines is 2. The van der Waals surface area contributed by atoms with Crippen molar-refractivity contribution in [1.82, 2.24) is 9.97 Å². The molecule has 0 bridgehead atoms. The second kappa shape index (κ2) is 5.05. The van der Waals surface area contributed by atoms with Crippen LogP contribution >= 0.6 is 11.3 Å². The Morgan fingerprint density at radius 3 is 3.22 bits per heavy atom. The van der Waals surface area contributed by atoms with Crippen LogP contribution in [0.15, 0.2) is 11.4 Å². The molecule has 0 saturated carbocycles. The van der Waals surface area contributed by atoms with Crippen LogP contribution in [0.4, 0.5) is 11.8 Å². The molecule has 1 aliphatic rings. The van der Waals surface area contributed by atoms with Crippen LogP contribution in [-0.4, -0.2) is 29.7 Å². The lowest BCUT2D eigenvalue weighted by atomic mass is 10.1. The summed E-state index contributed by atoms with van der Waals surface area (Å²) >= 11 is 1.58. The van der Waals surface area contributed by atoms with Crippen molar-refractivity contribution in [3.63, 3.8) is 0 Å². The normalized spacial score (nSPS) is 19.3. The highest BCUT2D eigenvalue weighted by Gasteiger charge is 2.16. The number of fused-ring (bicyclic) bond motifs is 1. The minimum Gasteiger partial charge on any atom is -0.381 e. The molecular formula is C11H15N5OS. The number of thiophene rings is 1. The van der Waals surface area contributed by atoms with Gasteiger partial charge in [-0.15, -0.1) is 11.3 Å². The van der Waals surface area contributed by atoms with E-state index in [1.165, 1.54) is 0 Å². The van der Waals surface area contributed by atoms with Crippen molar-refractivity contribution in [3.05, 3.63) is 11.4 Å². The molecule has 2 aromatic rings. The number of aromatic nitrogens is 2. The topological polar surface area (TPSA) is 85.1 Å². The first-order chi connectivity index (χ1) is 8.86. The predicted octanol–water partition coefficient (Wildman–Crippen LogP) is 1.43. The summed E-state index contributed by atoms with van der Waals surface area (Å²) in [5.74, 6) is 7.21. The molecule has 1 aliphatic heterocycles. The quantitative estimate of drug-likeness (QED) is 0.573. The van der Waals surface area contributed by atoms with Crippen LogP contribution in [-0.2, 0) is 4.74 Å². The van der Waals surface area contributed by atoms with Gasteiger partial charge in [0.1, 0.15) is 10.6 Å². The Balaban J connectivity index is 1.82. The maximum Gasteiger partial charge on any atom is 0.240 e. The third kappa shape index (κ3) is 2.24. The number of hydrazine groups is 1. The first kappa shape index (κ1) is 11.6. The Hall–Kier alpha value is -1.44. The third-order valence-corrected chi connectivity index (χ3v) is 3.84. The molecule has 1 saturated heterocycles. The monoisotopic (exact) mass is 265 g/mol. The zero-order valence-corrected chi connectivity index (χ0v) is 10.7. The number of nitrogens with one attached hydrogen (secondary N) is 2. The summed E-state index contributed by atoms with van der Waals surface area (Å²) in [5, 5.41) is 6.41. The first-order valence-electron chi connectivity index (χ1n) is 5.90. The van der Waals surface area contributed by atoms with Gasteiger partial charge in [0.25, 0.3) is 0 Å². The molecule has 0 aromatic carbocycles. The highest BCUT2D eigenvalue weighted by Crippen LogP contribution is 2.26. The Kier molecular flexibility index (Phi) is 3.26. The molecule has 18 heavy (non-hydrogen) atoms. The molecular weight excluding hydrogens is 250 g/mol. The lowest BCUT2D eigenvalue weighted by molar-refractivity contribution is 0.187. The summed E-state index contributed by atoms with van der Waals surface area (Å²) < 4.78 is 5.36. The van der Waals surface area contributed by atoms with E-state index in [4.69, 9.17) is 10.6 Å². The van der Waals surface area contributed by atoms with Gasteiger partial charge in [0.2, 0.25) is 5.95 Å². The zero-order chi connectivity index (χ0) is 12.4. The standard InChI is InChI=1S/C11H15N5OS/c12-16-11-14-9(8-2-4-18-10(8)15-11)13-5-7-1-3-17-6-7/h2,4,7H,1,3,5-6,12H2,(H2,13,14,15,16). The molecule has 1 atom stereocenters. The second-order valence-corrected chi connectivity index (χ2v) is 5.18. The SMILES string of the molecule is NNc1nc(NCC2CCOC2)c2ccsc2n1. The van der Waals surface area contributed by atoms with Crippen molar-refractivity contribution in [2.45, 2.75) is 6.42 Å². The van der Waals surface area contributed by atoms with Crippen LogP contribution in [0.25, 0.3) is 10.2 Å². The summed E-state index contributed by atoms with van der Waals surface area (Å²) in [4.78, 5) is 9.59. The van der Waals surface area contributed by atoms with Crippen molar-refractivity contribution >= 4 is 33.3 Å². The van der Waals surface area contributed by atoms with Gasteiger partial charge >= 0.3 is 0 Å². The van der Waals surface area contributed by atoms with E-state index in [-0.39, 0.29) is 0 Å². The van der Waals surface area contributed by atoms with Crippen molar-refractivity contribution in [2.75, 3.05) is 30.5 Å². The summed E-state index contributed by atoms with van der Waals surface area (Å²) in [6.07, 6.45) is 1.10. The fourth-order valence-electron chi connectivity index (χ4n) is 2.04. The summed E-state index contributed by atoms with van der Waals surface area (Å²) in [7, 11) is 0. The maximum absolute atomic E-state index is 5.38. The number of nitrogens with two attached hydrogens (primary N) is 1. The molecule has 7 heteroatoms. The van der Waals surface area contributed by atoms with Crippen LogP contribution in [0.5, 0.6) is 0 Å². The maximum atomic E-state index is 5.38. The number of nitrogens with zero attached hydrogens (tertiary/aromatic N) is 2. The molecule has 0 radical (unpaired) electrons. The number of ether oxygens (including phenoxy) is 1. The van der Waals surface area contributed by atoms with E-state index in [9.17, 15) is 0 Å². The van der Waals surface area contributed by atoms with Gasteiger partial charge in [0.15, 0.2) is 0 Å². The zero-order valence-electron chi connectivity index (χ0n) is 9.85. The Bertz CT molecular complexity index is 537. The van der Waals surface area contributed by atoms with Gasteiger partial charge in [-0.3, -0.25) is 5.43 Å². The molecule has 3 heterocycles. The average molecular weight is 265 g/mol.